The monoisotopic (exact) mass is 372 g/mol. The van der Waals surface area contributed by atoms with Gasteiger partial charge in [-0.3, -0.25) is 14.4 Å². The molecule has 2 bridgehead atoms. The molecule has 146 valence electrons. The molecule has 5 heteroatoms. The van der Waals surface area contributed by atoms with Crippen molar-refractivity contribution in [3.63, 3.8) is 0 Å². The summed E-state index contributed by atoms with van der Waals surface area (Å²) >= 11 is 0. The smallest absolute Gasteiger partial charge is 0.321 e. The minimum Gasteiger partial charge on any atom is -0.459 e. The minimum atomic E-state index is -0.645. The Morgan fingerprint density at radius 2 is 1.89 bits per heavy atom. The number of rotatable bonds is 1. The quantitative estimate of drug-likeness (QED) is 0.656. The normalized spacial score (nSPS) is 50.2. The first-order valence-electron chi connectivity index (χ1n) is 10.3. The molecule has 27 heavy (non-hydrogen) atoms. The summed E-state index contributed by atoms with van der Waals surface area (Å²) in [6, 6.07) is 0. The molecule has 6 atom stereocenters. The molecule has 5 nitrogen and oxygen atoms in total. The predicted molar refractivity (Wildman–Crippen MR) is 96.2 cm³/mol. The van der Waals surface area contributed by atoms with Crippen LogP contribution in [-0.2, 0) is 23.9 Å². The minimum absolute atomic E-state index is 0.000438. The molecule has 0 amide bonds. The molecule has 0 N–H and O–H groups in total. The lowest BCUT2D eigenvalue weighted by Crippen LogP contribution is -2.55. The molecule has 0 radical (unpaired) electrons. The Labute approximate surface area is 159 Å². The zero-order valence-corrected chi connectivity index (χ0v) is 16.6. The van der Waals surface area contributed by atoms with Crippen molar-refractivity contribution in [1.29, 1.82) is 0 Å². The first-order valence-corrected chi connectivity index (χ1v) is 10.3. The lowest BCUT2D eigenvalue weighted by molar-refractivity contribution is -0.160. The van der Waals surface area contributed by atoms with E-state index in [0.717, 1.165) is 44.1 Å². The van der Waals surface area contributed by atoms with Crippen molar-refractivity contribution in [2.75, 3.05) is 0 Å². The molecule has 3 saturated carbocycles. The molecule has 1 heterocycles. The molecule has 5 rings (SSSR count). The summed E-state index contributed by atoms with van der Waals surface area (Å²) in [6.07, 6.45) is 5.94. The van der Waals surface area contributed by atoms with Crippen molar-refractivity contribution in [3.05, 3.63) is 11.3 Å². The fourth-order valence-corrected chi connectivity index (χ4v) is 7.92. The van der Waals surface area contributed by atoms with Crippen LogP contribution in [0.1, 0.15) is 72.6 Å². The van der Waals surface area contributed by atoms with E-state index in [1.807, 2.05) is 13.8 Å². The number of ether oxygens (including phenoxy) is 2. The first kappa shape index (κ1) is 17.4. The molecule has 0 aromatic carbocycles. The van der Waals surface area contributed by atoms with Gasteiger partial charge in [0.25, 0.3) is 0 Å². The predicted octanol–water partition coefficient (Wildman–Crippen LogP) is 3.70. The average Bonchev–Trinajstić information content (AvgIpc) is 2.96. The van der Waals surface area contributed by atoms with Crippen LogP contribution in [0.15, 0.2) is 11.3 Å². The molecule has 5 aliphatic rings. The number of hydrogen-bond acceptors (Lipinski definition) is 5. The van der Waals surface area contributed by atoms with Gasteiger partial charge < -0.3 is 9.47 Å². The second kappa shape index (κ2) is 4.84. The number of fused-ring (bicyclic) bond motifs is 2. The number of carbonyl (C=O) groups is 3. The van der Waals surface area contributed by atoms with Crippen LogP contribution in [0.5, 0.6) is 0 Å². The summed E-state index contributed by atoms with van der Waals surface area (Å²) < 4.78 is 11.5. The van der Waals surface area contributed by atoms with E-state index in [1.54, 1.807) is 0 Å². The van der Waals surface area contributed by atoms with Crippen molar-refractivity contribution in [2.45, 2.75) is 78.2 Å². The van der Waals surface area contributed by atoms with E-state index >= 15 is 0 Å². The second-order valence-corrected chi connectivity index (χ2v) is 10.3. The average molecular weight is 372 g/mol. The van der Waals surface area contributed by atoms with Gasteiger partial charge in [0, 0.05) is 18.8 Å². The maximum Gasteiger partial charge on any atom is 0.321 e. The largest absolute Gasteiger partial charge is 0.459 e. The Morgan fingerprint density at radius 1 is 1.15 bits per heavy atom. The van der Waals surface area contributed by atoms with E-state index in [1.165, 1.54) is 6.92 Å². The Balaban J connectivity index is 1.68. The molecule has 0 aromatic rings. The maximum absolute atomic E-state index is 13.8. The van der Waals surface area contributed by atoms with Gasteiger partial charge in [-0.25, -0.2) is 0 Å². The molecule has 0 aromatic heterocycles. The highest BCUT2D eigenvalue weighted by atomic mass is 16.6. The number of Topliss-reactive ketones (excluding diaryl/α,β-unsaturated/α-hetero) is 1. The number of esters is 2. The fourth-order valence-electron chi connectivity index (χ4n) is 7.92. The zero-order valence-electron chi connectivity index (χ0n) is 16.6. The van der Waals surface area contributed by atoms with E-state index in [2.05, 4.69) is 6.92 Å². The van der Waals surface area contributed by atoms with Crippen molar-refractivity contribution in [1.82, 2.24) is 0 Å². The Hall–Kier alpha value is -1.65. The molecular formula is C22H28O5. The highest BCUT2D eigenvalue weighted by Crippen LogP contribution is 2.73. The van der Waals surface area contributed by atoms with Gasteiger partial charge in [0.05, 0.1) is 5.41 Å². The summed E-state index contributed by atoms with van der Waals surface area (Å²) in [5.74, 6) is 0.190. The van der Waals surface area contributed by atoms with E-state index in [-0.39, 0.29) is 35.0 Å². The third kappa shape index (κ3) is 1.84. The van der Waals surface area contributed by atoms with Crippen molar-refractivity contribution in [3.8, 4) is 0 Å². The van der Waals surface area contributed by atoms with Gasteiger partial charge in [0.2, 0.25) is 5.78 Å². The van der Waals surface area contributed by atoms with Crippen LogP contribution >= 0.6 is 0 Å². The van der Waals surface area contributed by atoms with Crippen molar-refractivity contribution < 1.29 is 23.9 Å². The van der Waals surface area contributed by atoms with Gasteiger partial charge in [-0.2, -0.15) is 0 Å². The third-order valence-corrected chi connectivity index (χ3v) is 8.78. The fraction of sp³-hybridized carbons (Fsp3) is 0.773. The Morgan fingerprint density at radius 3 is 2.59 bits per heavy atom. The van der Waals surface area contributed by atoms with E-state index in [4.69, 9.17) is 9.47 Å². The maximum atomic E-state index is 13.8. The highest BCUT2D eigenvalue weighted by molar-refractivity contribution is 6.07. The summed E-state index contributed by atoms with van der Waals surface area (Å²) in [7, 11) is 0. The van der Waals surface area contributed by atoms with Crippen LogP contribution in [-0.4, -0.2) is 23.3 Å². The van der Waals surface area contributed by atoms with Gasteiger partial charge >= 0.3 is 11.9 Å². The van der Waals surface area contributed by atoms with Gasteiger partial charge in [-0.05, 0) is 68.8 Å². The summed E-state index contributed by atoms with van der Waals surface area (Å²) in [6.45, 7) is 7.64. The van der Waals surface area contributed by atoms with Crippen LogP contribution in [0, 0.1) is 28.1 Å². The van der Waals surface area contributed by atoms with Crippen LogP contribution in [0.4, 0.5) is 0 Å². The van der Waals surface area contributed by atoms with Gasteiger partial charge in [-0.15, -0.1) is 0 Å². The lowest BCUT2D eigenvalue weighted by Gasteiger charge is -2.56. The van der Waals surface area contributed by atoms with Crippen molar-refractivity contribution >= 4 is 17.7 Å². The topological polar surface area (TPSA) is 69.7 Å². The number of hydrogen-bond donors (Lipinski definition) is 0. The van der Waals surface area contributed by atoms with Crippen LogP contribution < -0.4 is 0 Å². The van der Waals surface area contributed by atoms with E-state index < -0.39 is 16.4 Å². The molecule has 0 unspecified atom stereocenters. The van der Waals surface area contributed by atoms with E-state index in [9.17, 15) is 14.4 Å². The highest BCUT2D eigenvalue weighted by Gasteiger charge is 2.73. The van der Waals surface area contributed by atoms with Crippen LogP contribution in [0.2, 0.25) is 0 Å². The molecule has 1 spiro atoms. The SMILES string of the molecule is CC(=O)O[C@]1(C)C[C@]23C[C@H]1CC[C@H]2[C@]1(C)CCC[C@@]2(C)C(=O)OC(=C21)C3=O. The molecule has 3 fully saturated rings. The second-order valence-electron chi connectivity index (χ2n) is 10.3. The number of ketones is 1. The molecular weight excluding hydrogens is 344 g/mol. The summed E-state index contributed by atoms with van der Waals surface area (Å²) in [4.78, 5) is 38.3. The van der Waals surface area contributed by atoms with Gasteiger partial charge in [0.15, 0.2) is 5.76 Å². The third-order valence-electron chi connectivity index (χ3n) is 8.78. The molecule has 4 aliphatic carbocycles. The summed E-state index contributed by atoms with van der Waals surface area (Å²) in [5, 5.41) is 0. The summed E-state index contributed by atoms with van der Waals surface area (Å²) in [5.41, 5.74) is -1.02. The van der Waals surface area contributed by atoms with Crippen LogP contribution in [0.3, 0.4) is 0 Å². The first-order chi connectivity index (χ1) is 12.6. The van der Waals surface area contributed by atoms with E-state index in [0.29, 0.717) is 12.2 Å². The standard InChI is InChI=1S/C22H28O5/c1-12(23)27-21(4)11-22-10-13(21)6-7-14(22)19(2)8-5-9-20(3)16(19)15(17(22)24)26-18(20)25/h13-14H,5-11H2,1-4H3/t13-,14+,19+,20-,21-,22-/m1/s1. The zero-order chi connectivity index (χ0) is 19.4. The number of carbonyl (C=O) groups excluding carboxylic acids is 3. The lowest BCUT2D eigenvalue weighted by atomic mass is 9.44. The molecule has 0 saturated heterocycles. The van der Waals surface area contributed by atoms with Crippen LogP contribution in [0.25, 0.3) is 0 Å². The van der Waals surface area contributed by atoms with Crippen molar-refractivity contribution in [2.24, 2.45) is 28.1 Å². The Kier molecular flexibility index (Phi) is 3.13. The van der Waals surface area contributed by atoms with Gasteiger partial charge in [-0.1, -0.05) is 13.3 Å². The number of allylic oxidation sites excluding steroid dienone is 1. The Bertz CT molecular complexity index is 827. The molecule has 1 aliphatic heterocycles. The van der Waals surface area contributed by atoms with Gasteiger partial charge in [0.1, 0.15) is 5.60 Å².